The quantitative estimate of drug-likeness (QED) is 0.269. The van der Waals surface area contributed by atoms with E-state index in [0.717, 1.165) is 55.8 Å². The summed E-state index contributed by atoms with van der Waals surface area (Å²) in [5, 5.41) is 3.58. The highest BCUT2D eigenvalue weighted by atomic mass is 127. The number of furan rings is 1. The fraction of sp³-hybridized carbons (Fsp3) is 0.762. The Kier molecular flexibility index (Phi) is 8.47. The molecule has 0 amide bonds. The van der Waals surface area contributed by atoms with Gasteiger partial charge in [-0.2, -0.15) is 0 Å². The highest BCUT2D eigenvalue weighted by Crippen LogP contribution is 2.38. The number of rotatable bonds is 7. The standard InChI is InChI=1S/C21H34N4O2.HI/c1-26-15-11-23-21(22-10-8-19-5-3-14-27-19)24-13-9-20-17(16-24)4-2-12-25(20)18-6-7-18;/h3,5,14,17-18,20H,2,4,6-13,15-16H2,1H3,(H,22,23);1H. The Balaban J connectivity index is 0.00000225. The second kappa shape index (κ2) is 10.8. The van der Waals surface area contributed by atoms with Crippen LogP contribution in [0.4, 0.5) is 0 Å². The number of hydrogen-bond donors (Lipinski definition) is 1. The molecule has 3 aliphatic rings. The smallest absolute Gasteiger partial charge is 0.194 e. The third-order valence-corrected chi connectivity index (χ3v) is 6.22. The Bertz CT molecular complexity index is 606. The van der Waals surface area contributed by atoms with Gasteiger partial charge in [0.2, 0.25) is 0 Å². The number of nitrogens with zero attached hydrogens (tertiary/aromatic N) is 3. The molecular weight excluding hydrogens is 467 g/mol. The lowest BCUT2D eigenvalue weighted by Crippen LogP contribution is -2.57. The third kappa shape index (κ3) is 5.63. The summed E-state index contributed by atoms with van der Waals surface area (Å²) < 4.78 is 10.7. The van der Waals surface area contributed by atoms with Crippen LogP contribution in [0.1, 0.15) is 37.9 Å². The molecule has 4 rings (SSSR count). The summed E-state index contributed by atoms with van der Waals surface area (Å²) in [7, 11) is 1.74. The summed E-state index contributed by atoms with van der Waals surface area (Å²) in [4.78, 5) is 10.1. The molecule has 1 aromatic heterocycles. The Labute approximate surface area is 186 Å². The fourth-order valence-corrected chi connectivity index (χ4v) is 4.76. The zero-order valence-corrected chi connectivity index (χ0v) is 19.3. The molecule has 1 N–H and O–H groups in total. The highest BCUT2D eigenvalue weighted by molar-refractivity contribution is 14.0. The number of hydrogen-bond acceptors (Lipinski definition) is 4. The number of methoxy groups -OCH3 is 1. The Morgan fingerprint density at radius 1 is 1.29 bits per heavy atom. The summed E-state index contributed by atoms with van der Waals surface area (Å²) in [5.74, 6) is 2.85. The van der Waals surface area contributed by atoms with Crippen LogP contribution < -0.4 is 5.32 Å². The van der Waals surface area contributed by atoms with Gasteiger partial charge in [0.1, 0.15) is 5.76 Å². The van der Waals surface area contributed by atoms with E-state index >= 15 is 0 Å². The van der Waals surface area contributed by atoms with Gasteiger partial charge >= 0.3 is 0 Å². The van der Waals surface area contributed by atoms with Crippen molar-refractivity contribution in [3.63, 3.8) is 0 Å². The largest absolute Gasteiger partial charge is 0.469 e. The number of ether oxygens (including phenoxy) is 1. The highest BCUT2D eigenvalue weighted by Gasteiger charge is 2.42. The van der Waals surface area contributed by atoms with Gasteiger partial charge in [-0.3, -0.25) is 9.89 Å². The minimum absolute atomic E-state index is 0. The van der Waals surface area contributed by atoms with Gasteiger partial charge < -0.3 is 19.4 Å². The SMILES string of the molecule is COCCN=C(NCCc1ccco1)N1CCC2C(CCCN2C2CC2)C1.I. The van der Waals surface area contributed by atoms with Crippen LogP contribution in [0.15, 0.2) is 27.8 Å². The summed E-state index contributed by atoms with van der Waals surface area (Å²) in [5.41, 5.74) is 0. The first-order valence-corrected chi connectivity index (χ1v) is 10.7. The molecule has 2 unspecified atom stereocenters. The predicted octanol–water partition coefficient (Wildman–Crippen LogP) is 2.98. The third-order valence-electron chi connectivity index (χ3n) is 6.22. The summed E-state index contributed by atoms with van der Waals surface area (Å²) >= 11 is 0. The minimum Gasteiger partial charge on any atom is -0.469 e. The molecule has 28 heavy (non-hydrogen) atoms. The topological polar surface area (TPSA) is 53.2 Å². The van der Waals surface area contributed by atoms with Crippen LogP contribution in [-0.2, 0) is 11.2 Å². The van der Waals surface area contributed by atoms with E-state index < -0.39 is 0 Å². The first kappa shape index (κ1) is 21.9. The fourth-order valence-electron chi connectivity index (χ4n) is 4.76. The average Bonchev–Trinajstić information content (AvgIpc) is 3.42. The van der Waals surface area contributed by atoms with Crippen LogP contribution >= 0.6 is 24.0 Å². The first-order chi connectivity index (χ1) is 13.3. The number of piperidine rings is 2. The Hall–Kier alpha value is -0.800. The number of likely N-dealkylation sites (tertiary alicyclic amines) is 2. The van der Waals surface area contributed by atoms with Crippen molar-refractivity contribution in [2.75, 3.05) is 46.4 Å². The molecule has 2 aliphatic heterocycles. The normalized spacial score (nSPS) is 25.9. The molecule has 0 aromatic carbocycles. The van der Waals surface area contributed by atoms with Crippen molar-refractivity contribution in [1.29, 1.82) is 0 Å². The van der Waals surface area contributed by atoms with Crippen molar-refractivity contribution in [3.8, 4) is 0 Å². The number of fused-ring (bicyclic) bond motifs is 1. The molecule has 3 heterocycles. The zero-order chi connectivity index (χ0) is 18.5. The van der Waals surface area contributed by atoms with Crippen molar-refractivity contribution >= 4 is 29.9 Å². The van der Waals surface area contributed by atoms with Crippen molar-refractivity contribution in [2.45, 2.75) is 50.6 Å². The second-order valence-corrected chi connectivity index (χ2v) is 8.13. The predicted molar refractivity (Wildman–Crippen MR) is 122 cm³/mol. The van der Waals surface area contributed by atoms with Crippen molar-refractivity contribution < 1.29 is 9.15 Å². The van der Waals surface area contributed by atoms with Gasteiger partial charge in [-0.15, -0.1) is 24.0 Å². The molecule has 1 aliphatic carbocycles. The van der Waals surface area contributed by atoms with Gasteiger partial charge in [-0.25, -0.2) is 0 Å². The van der Waals surface area contributed by atoms with Crippen LogP contribution in [-0.4, -0.2) is 74.3 Å². The molecule has 6 nitrogen and oxygen atoms in total. The van der Waals surface area contributed by atoms with E-state index in [0.29, 0.717) is 13.2 Å². The van der Waals surface area contributed by atoms with E-state index in [9.17, 15) is 0 Å². The lowest BCUT2D eigenvalue weighted by atomic mass is 9.83. The minimum atomic E-state index is 0. The Morgan fingerprint density at radius 3 is 2.93 bits per heavy atom. The van der Waals surface area contributed by atoms with Gasteiger partial charge in [-0.1, -0.05) is 0 Å². The van der Waals surface area contributed by atoms with E-state index in [1.54, 1.807) is 13.4 Å². The van der Waals surface area contributed by atoms with E-state index in [1.807, 2.05) is 12.1 Å². The Morgan fingerprint density at radius 2 is 2.18 bits per heavy atom. The maximum absolute atomic E-state index is 5.45. The van der Waals surface area contributed by atoms with Crippen LogP contribution in [0.2, 0.25) is 0 Å². The van der Waals surface area contributed by atoms with Gasteiger partial charge in [-0.05, 0) is 56.7 Å². The van der Waals surface area contributed by atoms with Gasteiger partial charge in [0, 0.05) is 45.2 Å². The monoisotopic (exact) mass is 502 g/mol. The van der Waals surface area contributed by atoms with Crippen molar-refractivity contribution in [2.24, 2.45) is 10.9 Å². The van der Waals surface area contributed by atoms with Gasteiger partial charge in [0.05, 0.1) is 19.4 Å². The summed E-state index contributed by atoms with van der Waals surface area (Å²) in [6.45, 7) is 5.77. The number of nitrogens with one attached hydrogen (secondary N) is 1. The molecule has 158 valence electrons. The molecule has 2 atom stereocenters. The van der Waals surface area contributed by atoms with Crippen LogP contribution in [0.25, 0.3) is 0 Å². The molecule has 0 spiro atoms. The maximum Gasteiger partial charge on any atom is 0.194 e. The van der Waals surface area contributed by atoms with Crippen LogP contribution in [0, 0.1) is 5.92 Å². The maximum atomic E-state index is 5.45. The second-order valence-electron chi connectivity index (χ2n) is 8.13. The lowest BCUT2D eigenvalue weighted by molar-refractivity contribution is 0.0369. The van der Waals surface area contributed by atoms with Crippen LogP contribution in [0.5, 0.6) is 0 Å². The molecular formula is C21H35IN4O2. The average molecular weight is 502 g/mol. The van der Waals surface area contributed by atoms with Gasteiger partial charge in [0.15, 0.2) is 5.96 Å². The van der Waals surface area contributed by atoms with Crippen LogP contribution in [0.3, 0.4) is 0 Å². The van der Waals surface area contributed by atoms with E-state index in [-0.39, 0.29) is 24.0 Å². The summed E-state index contributed by atoms with van der Waals surface area (Å²) in [6, 6.07) is 5.67. The molecule has 7 heteroatoms. The van der Waals surface area contributed by atoms with E-state index in [4.69, 9.17) is 14.1 Å². The molecule has 3 fully saturated rings. The summed E-state index contributed by atoms with van der Waals surface area (Å²) in [6.07, 6.45) is 9.45. The van der Waals surface area contributed by atoms with Crippen molar-refractivity contribution in [1.82, 2.24) is 15.1 Å². The molecule has 1 aromatic rings. The molecule has 0 bridgehead atoms. The number of halogens is 1. The number of guanidine groups is 1. The molecule has 1 saturated carbocycles. The van der Waals surface area contributed by atoms with Gasteiger partial charge in [0.25, 0.3) is 0 Å². The first-order valence-electron chi connectivity index (χ1n) is 10.7. The number of aliphatic imine (C=N–C) groups is 1. The molecule has 2 saturated heterocycles. The molecule has 0 radical (unpaired) electrons. The zero-order valence-electron chi connectivity index (χ0n) is 17.0. The lowest BCUT2D eigenvalue weighted by Gasteiger charge is -2.48. The van der Waals surface area contributed by atoms with E-state index in [2.05, 4.69) is 15.1 Å². The van der Waals surface area contributed by atoms with Crippen molar-refractivity contribution in [3.05, 3.63) is 24.2 Å². The van der Waals surface area contributed by atoms with E-state index in [1.165, 1.54) is 38.6 Å².